The van der Waals surface area contributed by atoms with Gasteiger partial charge in [-0.1, -0.05) is 47.5 Å². The van der Waals surface area contributed by atoms with Crippen LogP contribution in [0.1, 0.15) is 5.56 Å². The summed E-state index contributed by atoms with van der Waals surface area (Å²) < 4.78 is 18.8. The van der Waals surface area contributed by atoms with E-state index in [1.165, 1.54) is 7.11 Å². The third kappa shape index (κ3) is 3.32. The Balaban J connectivity index is 2.08. The number of rotatable bonds is 4. The molecule has 7 nitrogen and oxygen atoms in total. The van der Waals surface area contributed by atoms with Crippen LogP contribution in [-0.2, 0) is 4.18 Å². The molecule has 3 N–H and O–H groups in total. The summed E-state index contributed by atoms with van der Waals surface area (Å²) in [6.45, 7) is 0. The average Bonchev–Trinajstić information content (AvgIpc) is 3.15. The first-order chi connectivity index (χ1) is 14.1. The highest BCUT2D eigenvalue weighted by atomic mass is 32.3. The molecule has 1 aromatic carbocycles. The molecule has 4 aromatic rings. The molecule has 1 atom stereocenters. The van der Waals surface area contributed by atoms with E-state index in [0.29, 0.717) is 32.7 Å². The topological polar surface area (TPSA) is 99.1 Å². The first-order valence-electron chi connectivity index (χ1n) is 8.49. The largest absolute Gasteiger partial charge is 0.368 e. The Labute approximate surface area is 174 Å². The highest BCUT2D eigenvalue weighted by Gasteiger charge is 2.27. The second-order valence-electron chi connectivity index (χ2n) is 5.94. The predicted molar refractivity (Wildman–Crippen MR) is 118 cm³/mol. The van der Waals surface area contributed by atoms with Crippen LogP contribution in [0.25, 0.3) is 22.3 Å². The van der Waals surface area contributed by atoms with Crippen LogP contribution in [0.2, 0.25) is 0 Å². The number of hydrogen-bond acceptors (Lipinski definition) is 7. The SMILES string of the molecule is COS(O)(c1ccccc1)n1cc(-c2ccnc(N)n2)c2c(C#CS)ccnc21. The Kier molecular flexibility index (Phi) is 5.17. The summed E-state index contributed by atoms with van der Waals surface area (Å²) in [5.74, 6) is 3.12. The molecular formula is C20H17N5O2S2. The predicted octanol–water partition coefficient (Wildman–Crippen LogP) is 3.98. The van der Waals surface area contributed by atoms with Crippen LogP contribution in [-0.4, -0.2) is 30.6 Å². The van der Waals surface area contributed by atoms with Crippen LogP contribution >= 0.6 is 23.4 Å². The van der Waals surface area contributed by atoms with Crippen molar-refractivity contribution >= 4 is 40.4 Å². The van der Waals surface area contributed by atoms with Gasteiger partial charge in [-0.2, -0.15) is 0 Å². The zero-order valence-electron chi connectivity index (χ0n) is 15.4. The van der Waals surface area contributed by atoms with Crippen LogP contribution in [0.15, 0.2) is 66.0 Å². The number of nitrogens with zero attached hydrogens (tertiary/aromatic N) is 4. The number of pyridine rings is 1. The average molecular weight is 424 g/mol. The number of aromatic nitrogens is 4. The molecular weight excluding hydrogens is 406 g/mol. The van der Waals surface area contributed by atoms with Crippen LogP contribution in [0.5, 0.6) is 0 Å². The molecule has 0 spiro atoms. The van der Waals surface area contributed by atoms with Crippen molar-refractivity contribution in [1.29, 1.82) is 0 Å². The molecule has 3 aromatic heterocycles. The minimum atomic E-state index is -2.88. The summed E-state index contributed by atoms with van der Waals surface area (Å²) in [5, 5.41) is 3.34. The van der Waals surface area contributed by atoms with Crippen molar-refractivity contribution in [3.8, 4) is 22.4 Å². The van der Waals surface area contributed by atoms with Gasteiger partial charge in [0.2, 0.25) is 5.95 Å². The van der Waals surface area contributed by atoms with Crippen molar-refractivity contribution in [3.63, 3.8) is 0 Å². The molecule has 29 heavy (non-hydrogen) atoms. The zero-order chi connectivity index (χ0) is 20.4. The number of fused-ring (bicyclic) bond motifs is 1. The summed E-state index contributed by atoms with van der Waals surface area (Å²) in [6.07, 6.45) is 4.97. The van der Waals surface area contributed by atoms with Gasteiger partial charge < -0.3 is 5.73 Å². The van der Waals surface area contributed by atoms with Crippen molar-refractivity contribution in [2.45, 2.75) is 4.90 Å². The number of nitrogens with two attached hydrogens (primary N) is 1. The molecule has 0 radical (unpaired) electrons. The summed E-state index contributed by atoms with van der Waals surface area (Å²) in [5.41, 5.74) is 8.28. The van der Waals surface area contributed by atoms with Gasteiger partial charge in [0.15, 0.2) is 5.65 Å². The van der Waals surface area contributed by atoms with Gasteiger partial charge in [0.05, 0.1) is 17.7 Å². The normalized spacial score (nSPS) is 14.0. The molecule has 3 heterocycles. The van der Waals surface area contributed by atoms with Crippen molar-refractivity contribution < 1.29 is 8.74 Å². The lowest BCUT2D eigenvalue weighted by molar-refractivity contribution is 0.388. The van der Waals surface area contributed by atoms with E-state index in [9.17, 15) is 4.55 Å². The van der Waals surface area contributed by atoms with E-state index in [4.69, 9.17) is 9.92 Å². The van der Waals surface area contributed by atoms with Crippen molar-refractivity contribution in [1.82, 2.24) is 18.9 Å². The maximum absolute atomic E-state index is 11.6. The van der Waals surface area contributed by atoms with Crippen molar-refractivity contribution in [3.05, 3.63) is 66.6 Å². The fourth-order valence-electron chi connectivity index (χ4n) is 3.09. The standard InChI is InChI=1S/C20H17N5O2S2/c1-27-29(26,15-5-3-2-4-6-15)25-13-16(17-8-11-23-20(21)24-17)18-14(9-12-28)7-10-22-19(18)25/h2-8,10-11,13,26,28H,1H3,(H2,21,23,24). The summed E-state index contributed by atoms with van der Waals surface area (Å²) in [4.78, 5) is 13.4. The number of thiol groups is 1. The molecule has 0 saturated heterocycles. The van der Waals surface area contributed by atoms with Crippen LogP contribution < -0.4 is 5.73 Å². The monoisotopic (exact) mass is 423 g/mol. The second kappa shape index (κ2) is 7.77. The Morgan fingerprint density at radius 1 is 1.14 bits per heavy atom. The Morgan fingerprint density at radius 3 is 2.59 bits per heavy atom. The quantitative estimate of drug-likeness (QED) is 0.339. The minimum Gasteiger partial charge on any atom is -0.368 e. The lowest BCUT2D eigenvalue weighted by atomic mass is 10.1. The van der Waals surface area contributed by atoms with Crippen molar-refractivity contribution in [2.75, 3.05) is 12.8 Å². The lowest BCUT2D eigenvalue weighted by Crippen LogP contribution is -2.12. The van der Waals surface area contributed by atoms with Gasteiger partial charge >= 0.3 is 0 Å². The van der Waals surface area contributed by atoms with Crippen LogP contribution in [0.4, 0.5) is 5.95 Å². The van der Waals surface area contributed by atoms with E-state index in [1.807, 2.05) is 30.3 Å². The summed E-state index contributed by atoms with van der Waals surface area (Å²) in [6, 6.07) is 12.7. The lowest BCUT2D eigenvalue weighted by Gasteiger charge is -2.37. The Bertz CT molecular complexity index is 1250. The molecule has 0 amide bonds. The molecule has 146 valence electrons. The van der Waals surface area contributed by atoms with Crippen LogP contribution in [0, 0.1) is 11.2 Å². The number of nitrogen functional groups attached to an aromatic ring is 1. The fraction of sp³-hybridized carbons (Fsp3) is 0.0500. The molecule has 0 aliphatic rings. The fourth-order valence-corrected chi connectivity index (χ4v) is 4.92. The third-order valence-corrected chi connectivity index (χ3v) is 6.62. The third-order valence-electron chi connectivity index (χ3n) is 4.35. The number of benzene rings is 1. The van der Waals surface area contributed by atoms with Crippen molar-refractivity contribution in [2.24, 2.45) is 0 Å². The van der Waals surface area contributed by atoms with Gasteiger partial charge in [0.1, 0.15) is 0 Å². The molecule has 0 bridgehead atoms. The molecule has 0 saturated carbocycles. The molecule has 0 fully saturated rings. The zero-order valence-corrected chi connectivity index (χ0v) is 17.1. The van der Waals surface area contributed by atoms with Gasteiger partial charge in [-0.15, -0.1) is 0 Å². The van der Waals surface area contributed by atoms with E-state index in [0.717, 1.165) is 0 Å². The van der Waals surface area contributed by atoms with E-state index in [-0.39, 0.29) is 5.95 Å². The molecule has 4 rings (SSSR count). The first kappa shape index (κ1) is 19.3. The Hall–Kier alpha value is -3.03. The maximum atomic E-state index is 11.6. The minimum absolute atomic E-state index is 0.145. The van der Waals surface area contributed by atoms with Gasteiger partial charge in [0.25, 0.3) is 0 Å². The van der Waals surface area contributed by atoms with Gasteiger partial charge in [-0.25, -0.2) is 18.9 Å². The van der Waals surface area contributed by atoms with Gasteiger partial charge in [-0.3, -0.25) is 8.74 Å². The second-order valence-corrected chi connectivity index (χ2v) is 8.35. The van der Waals surface area contributed by atoms with E-state index >= 15 is 0 Å². The van der Waals surface area contributed by atoms with E-state index < -0.39 is 10.8 Å². The summed E-state index contributed by atoms with van der Waals surface area (Å²) >= 11 is 4.03. The highest BCUT2D eigenvalue weighted by molar-refractivity contribution is 8.24. The number of anilines is 1. The number of hydrogen-bond donors (Lipinski definition) is 3. The molecule has 0 aliphatic carbocycles. The van der Waals surface area contributed by atoms with Gasteiger partial charge in [-0.05, 0) is 29.5 Å². The first-order valence-corrected chi connectivity index (χ1v) is 10.4. The van der Waals surface area contributed by atoms with Gasteiger partial charge in [0, 0.05) is 35.1 Å². The smallest absolute Gasteiger partial charge is 0.220 e. The van der Waals surface area contributed by atoms with E-state index in [1.54, 1.807) is 34.7 Å². The Morgan fingerprint density at radius 2 is 1.90 bits per heavy atom. The van der Waals surface area contributed by atoms with E-state index in [2.05, 4.69) is 38.8 Å². The maximum Gasteiger partial charge on any atom is 0.220 e. The van der Waals surface area contributed by atoms with Crippen LogP contribution in [0.3, 0.4) is 0 Å². The molecule has 0 aliphatic heterocycles. The highest BCUT2D eigenvalue weighted by Crippen LogP contribution is 2.56. The molecule has 9 heteroatoms. The summed E-state index contributed by atoms with van der Waals surface area (Å²) in [7, 11) is -1.41. The molecule has 1 unspecified atom stereocenters.